The van der Waals surface area contributed by atoms with Crippen molar-refractivity contribution in [2.45, 2.75) is 38.1 Å². The lowest BCUT2D eigenvalue weighted by Gasteiger charge is -2.20. The average Bonchev–Trinajstić information content (AvgIpc) is 3.32. The van der Waals surface area contributed by atoms with Gasteiger partial charge in [0.15, 0.2) is 0 Å². The summed E-state index contributed by atoms with van der Waals surface area (Å²) in [5.74, 6) is 1.61. The maximum atomic E-state index is 4.85. The zero-order valence-corrected chi connectivity index (χ0v) is 11.5. The van der Waals surface area contributed by atoms with Gasteiger partial charge in [-0.25, -0.2) is 9.97 Å². The van der Waals surface area contributed by atoms with Crippen molar-refractivity contribution in [1.29, 1.82) is 0 Å². The van der Waals surface area contributed by atoms with Gasteiger partial charge in [-0.05, 0) is 25.0 Å². The summed E-state index contributed by atoms with van der Waals surface area (Å²) in [6.45, 7) is 1.96. The first-order valence-corrected chi connectivity index (χ1v) is 7.39. The number of aromatic nitrogens is 3. The van der Waals surface area contributed by atoms with Gasteiger partial charge >= 0.3 is 0 Å². The third-order valence-electron chi connectivity index (χ3n) is 4.04. The topological polar surface area (TPSA) is 50.7 Å². The molecule has 0 spiro atoms. The molecule has 4 nitrogen and oxygen atoms in total. The van der Waals surface area contributed by atoms with Crippen LogP contribution >= 0.6 is 0 Å². The van der Waals surface area contributed by atoms with Crippen LogP contribution in [0, 0.1) is 0 Å². The molecule has 1 aliphatic carbocycles. The minimum Gasteiger partial charge on any atom is -0.312 e. The summed E-state index contributed by atoms with van der Waals surface area (Å²) in [5, 5.41) is 3.44. The molecule has 1 fully saturated rings. The molecule has 4 rings (SSSR count). The summed E-state index contributed by atoms with van der Waals surface area (Å²) in [4.78, 5) is 14.0. The minimum absolute atomic E-state index is 0.675. The van der Waals surface area contributed by atoms with Gasteiger partial charge in [0.1, 0.15) is 5.82 Å². The molecule has 20 heavy (non-hydrogen) atoms. The predicted octanol–water partition coefficient (Wildman–Crippen LogP) is 1.99. The Labute approximate surface area is 118 Å². The number of hydrogen-bond donors (Lipinski definition) is 1. The van der Waals surface area contributed by atoms with E-state index < -0.39 is 0 Å². The number of pyridine rings is 1. The summed E-state index contributed by atoms with van der Waals surface area (Å²) in [5.41, 5.74) is 4.96. The summed E-state index contributed by atoms with van der Waals surface area (Å²) in [6, 6.07) is 6.01. The van der Waals surface area contributed by atoms with Gasteiger partial charge in [-0.2, -0.15) is 0 Å². The normalized spacial score (nSPS) is 17.8. The van der Waals surface area contributed by atoms with Crippen LogP contribution in [0.5, 0.6) is 0 Å². The van der Waals surface area contributed by atoms with Crippen molar-refractivity contribution in [3.63, 3.8) is 0 Å². The summed E-state index contributed by atoms with van der Waals surface area (Å²) in [6.07, 6.45) is 6.16. The minimum atomic E-state index is 0.675. The molecule has 2 aromatic heterocycles. The van der Waals surface area contributed by atoms with E-state index in [1.165, 1.54) is 29.8 Å². The van der Waals surface area contributed by atoms with Crippen LogP contribution in [0.1, 0.15) is 47.2 Å². The lowest BCUT2D eigenvalue weighted by atomic mass is 10.0. The van der Waals surface area contributed by atoms with E-state index in [1.54, 1.807) is 0 Å². The monoisotopic (exact) mass is 266 g/mol. The fraction of sp³-hybridized carbons (Fsp3) is 0.438. The van der Waals surface area contributed by atoms with Crippen LogP contribution in [0.4, 0.5) is 0 Å². The fourth-order valence-electron chi connectivity index (χ4n) is 2.86. The smallest absolute Gasteiger partial charge is 0.134 e. The van der Waals surface area contributed by atoms with Crippen molar-refractivity contribution in [2.24, 2.45) is 0 Å². The Hall–Kier alpha value is -1.81. The third kappa shape index (κ3) is 2.31. The largest absolute Gasteiger partial charge is 0.312 e. The molecule has 0 amide bonds. The second-order valence-electron chi connectivity index (χ2n) is 5.65. The number of fused-ring (bicyclic) bond motifs is 1. The molecule has 3 heterocycles. The number of nitrogens with zero attached hydrogens (tertiary/aromatic N) is 3. The van der Waals surface area contributed by atoms with Crippen molar-refractivity contribution >= 4 is 0 Å². The highest BCUT2D eigenvalue weighted by Gasteiger charge is 2.30. The first kappa shape index (κ1) is 12.0. The summed E-state index contributed by atoms with van der Waals surface area (Å²) in [7, 11) is 0. The van der Waals surface area contributed by atoms with Crippen LogP contribution in [0.2, 0.25) is 0 Å². The van der Waals surface area contributed by atoms with E-state index in [4.69, 9.17) is 9.97 Å². The maximum absolute atomic E-state index is 4.85. The van der Waals surface area contributed by atoms with Gasteiger partial charge in [-0.15, -0.1) is 0 Å². The second kappa shape index (κ2) is 4.94. The Balaban J connectivity index is 1.71. The van der Waals surface area contributed by atoms with Gasteiger partial charge in [0, 0.05) is 42.9 Å². The molecule has 1 N–H and O–H groups in total. The maximum Gasteiger partial charge on any atom is 0.134 e. The molecule has 0 radical (unpaired) electrons. The Morgan fingerprint density at radius 1 is 1.20 bits per heavy atom. The Kier molecular flexibility index (Phi) is 2.96. The van der Waals surface area contributed by atoms with Crippen LogP contribution in [-0.2, 0) is 19.4 Å². The van der Waals surface area contributed by atoms with Crippen LogP contribution in [0.3, 0.4) is 0 Å². The molecule has 102 valence electrons. The van der Waals surface area contributed by atoms with E-state index in [1.807, 2.05) is 24.4 Å². The highest BCUT2D eigenvalue weighted by Crippen LogP contribution is 2.41. The zero-order valence-electron chi connectivity index (χ0n) is 11.5. The van der Waals surface area contributed by atoms with E-state index in [0.717, 1.165) is 37.4 Å². The molecule has 0 atom stereocenters. The number of hydrogen-bond acceptors (Lipinski definition) is 4. The molecule has 2 aliphatic rings. The van der Waals surface area contributed by atoms with Crippen molar-refractivity contribution in [3.8, 4) is 0 Å². The lowest BCUT2D eigenvalue weighted by molar-refractivity contribution is 0.610. The van der Waals surface area contributed by atoms with Crippen molar-refractivity contribution in [1.82, 2.24) is 20.3 Å². The van der Waals surface area contributed by atoms with Gasteiger partial charge in [0.25, 0.3) is 0 Å². The highest BCUT2D eigenvalue weighted by molar-refractivity contribution is 5.33. The van der Waals surface area contributed by atoms with Crippen LogP contribution in [0.25, 0.3) is 0 Å². The first-order valence-electron chi connectivity index (χ1n) is 7.39. The first-order chi connectivity index (χ1) is 9.90. The van der Waals surface area contributed by atoms with E-state index in [-0.39, 0.29) is 0 Å². The second-order valence-corrected chi connectivity index (χ2v) is 5.65. The fourth-order valence-corrected chi connectivity index (χ4v) is 2.86. The molecule has 2 aromatic rings. The van der Waals surface area contributed by atoms with Crippen molar-refractivity contribution in [2.75, 3.05) is 6.54 Å². The molecule has 4 heteroatoms. The molecule has 0 bridgehead atoms. The molecule has 0 saturated heterocycles. The van der Waals surface area contributed by atoms with Gasteiger partial charge in [-0.3, -0.25) is 4.98 Å². The third-order valence-corrected chi connectivity index (χ3v) is 4.04. The Bertz CT molecular complexity index is 620. The van der Waals surface area contributed by atoms with E-state index in [0.29, 0.717) is 5.92 Å². The summed E-state index contributed by atoms with van der Waals surface area (Å²) < 4.78 is 0. The molecule has 1 saturated carbocycles. The van der Waals surface area contributed by atoms with Gasteiger partial charge < -0.3 is 5.32 Å². The van der Waals surface area contributed by atoms with Gasteiger partial charge in [-0.1, -0.05) is 6.07 Å². The molecular weight excluding hydrogens is 248 g/mol. The molecule has 0 unspecified atom stereocenters. The Morgan fingerprint density at radius 2 is 2.15 bits per heavy atom. The Morgan fingerprint density at radius 3 is 2.95 bits per heavy atom. The highest BCUT2D eigenvalue weighted by atomic mass is 15.0. The standard InChI is InChI=1S/C16H18N4/c1-2-7-18-12(3-1)9-15-19-14-6-8-17-10-13(14)16(20-15)11-4-5-11/h1-3,7,11,17H,4-6,8-10H2. The van der Waals surface area contributed by atoms with Crippen molar-refractivity contribution < 1.29 is 0 Å². The van der Waals surface area contributed by atoms with Crippen LogP contribution in [-0.4, -0.2) is 21.5 Å². The SMILES string of the molecule is c1ccc(Cc2nc3c(c(C4CC4)n2)CNCC3)nc1. The molecule has 0 aromatic carbocycles. The van der Waals surface area contributed by atoms with Gasteiger partial charge in [0.2, 0.25) is 0 Å². The summed E-state index contributed by atoms with van der Waals surface area (Å²) >= 11 is 0. The van der Waals surface area contributed by atoms with E-state index >= 15 is 0 Å². The van der Waals surface area contributed by atoms with Crippen LogP contribution < -0.4 is 5.32 Å². The average molecular weight is 266 g/mol. The van der Waals surface area contributed by atoms with E-state index in [9.17, 15) is 0 Å². The molecular formula is C16H18N4. The van der Waals surface area contributed by atoms with E-state index in [2.05, 4.69) is 10.3 Å². The lowest BCUT2D eigenvalue weighted by Crippen LogP contribution is -2.27. The number of nitrogens with one attached hydrogen (secondary N) is 1. The number of rotatable bonds is 3. The van der Waals surface area contributed by atoms with Crippen molar-refractivity contribution in [3.05, 3.63) is 52.9 Å². The van der Waals surface area contributed by atoms with Crippen LogP contribution in [0.15, 0.2) is 24.4 Å². The molecule has 1 aliphatic heterocycles. The van der Waals surface area contributed by atoms with Gasteiger partial charge in [0.05, 0.1) is 17.8 Å². The quantitative estimate of drug-likeness (QED) is 0.923. The zero-order chi connectivity index (χ0) is 13.4. The predicted molar refractivity (Wildman–Crippen MR) is 76.5 cm³/mol.